The number of aromatic nitrogens is 1. The zero-order chi connectivity index (χ0) is 11.4. The molecule has 1 N–H and O–H groups in total. The van der Waals surface area contributed by atoms with Crippen molar-refractivity contribution in [1.82, 2.24) is 4.98 Å². The van der Waals surface area contributed by atoms with Gasteiger partial charge in [-0.15, -0.1) is 11.3 Å². The summed E-state index contributed by atoms with van der Waals surface area (Å²) in [5, 5.41) is 10.1. The maximum absolute atomic E-state index is 10.1. The monoisotopic (exact) mass is 233 g/mol. The van der Waals surface area contributed by atoms with Crippen molar-refractivity contribution in [3.63, 3.8) is 0 Å². The fraction of sp³-hybridized carbons (Fsp3) is 0.308. The average molecular weight is 233 g/mol. The first-order chi connectivity index (χ1) is 7.79. The predicted molar refractivity (Wildman–Crippen MR) is 66.6 cm³/mol. The van der Waals surface area contributed by atoms with Gasteiger partial charge in [-0.1, -0.05) is 13.0 Å². The van der Waals surface area contributed by atoms with Crippen LogP contribution >= 0.6 is 11.3 Å². The van der Waals surface area contributed by atoms with Crippen molar-refractivity contribution >= 4 is 11.3 Å². The van der Waals surface area contributed by atoms with Crippen LogP contribution in [-0.2, 0) is 12.8 Å². The minimum absolute atomic E-state index is 0.408. The molecule has 0 saturated carbocycles. The first-order valence-corrected chi connectivity index (χ1v) is 6.27. The van der Waals surface area contributed by atoms with Crippen LogP contribution < -0.4 is 0 Å². The molecule has 0 saturated heterocycles. The number of rotatable bonds is 4. The lowest BCUT2D eigenvalue weighted by atomic mass is 10.1. The second-order valence-corrected chi connectivity index (χ2v) is 4.94. The summed E-state index contributed by atoms with van der Waals surface area (Å²) >= 11 is 1.69. The molecule has 84 valence electrons. The van der Waals surface area contributed by atoms with Gasteiger partial charge in [-0.25, -0.2) is 0 Å². The van der Waals surface area contributed by atoms with Gasteiger partial charge in [0.1, 0.15) is 0 Å². The smallest absolute Gasteiger partial charge is 0.0922 e. The Labute approximate surface area is 99.6 Å². The highest BCUT2D eigenvalue weighted by Crippen LogP contribution is 2.26. The summed E-state index contributed by atoms with van der Waals surface area (Å²) in [6, 6.07) is 8.00. The van der Waals surface area contributed by atoms with Gasteiger partial charge in [0, 0.05) is 28.6 Å². The average Bonchev–Trinajstić information content (AvgIpc) is 2.79. The molecule has 16 heavy (non-hydrogen) atoms. The van der Waals surface area contributed by atoms with Crippen LogP contribution in [0.4, 0.5) is 0 Å². The molecule has 0 amide bonds. The third-order valence-corrected chi connectivity index (χ3v) is 3.84. The van der Waals surface area contributed by atoms with Crippen molar-refractivity contribution in [2.45, 2.75) is 25.9 Å². The SMILES string of the molecule is CCc1ccc(C(O)Cc2cccnc2)s1. The molecule has 0 aliphatic carbocycles. The first kappa shape index (κ1) is 11.3. The third-order valence-electron chi connectivity index (χ3n) is 2.51. The van der Waals surface area contributed by atoms with Gasteiger partial charge in [-0.3, -0.25) is 4.98 Å². The van der Waals surface area contributed by atoms with Crippen molar-refractivity contribution in [1.29, 1.82) is 0 Å². The summed E-state index contributed by atoms with van der Waals surface area (Å²) in [6.07, 6.45) is 4.81. The molecule has 3 heteroatoms. The first-order valence-electron chi connectivity index (χ1n) is 5.45. The van der Waals surface area contributed by atoms with Crippen LogP contribution in [-0.4, -0.2) is 10.1 Å². The fourth-order valence-electron chi connectivity index (χ4n) is 1.61. The number of aliphatic hydroxyl groups is 1. The maximum atomic E-state index is 10.1. The van der Waals surface area contributed by atoms with Crippen LogP contribution in [0, 0.1) is 0 Å². The van der Waals surface area contributed by atoms with E-state index in [1.54, 1.807) is 23.7 Å². The minimum Gasteiger partial charge on any atom is -0.387 e. The molecule has 0 aliphatic rings. The summed E-state index contributed by atoms with van der Waals surface area (Å²) in [4.78, 5) is 6.41. The number of thiophene rings is 1. The van der Waals surface area contributed by atoms with Crippen LogP contribution in [0.1, 0.15) is 28.3 Å². The van der Waals surface area contributed by atoms with Gasteiger partial charge in [0.05, 0.1) is 6.10 Å². The van der Waals surface area contributed by atoms with Crippen LogP contribution in [0.15, 0.2) is 36.7 Å². The van der Waals surface area contributed by atoms with Gasteiger partial charge in [0.25, 0.3) is 0 Å². The molecule has 1 unspecified atom stereocenters. The van der Waals surface area contributed by atoms with E-state index in [0.29, 0.717) is 6.42 Å². The summed E-state index contributed by atoms with van der Waals surface area (Å²) in [5.41, 5.74) is 1.07. The van der Waals surface area contributed by atoms with Gasteiger partial charge in [-0.05, 0) is 30.2 Å². The van der Waals surface area contributed by atoms with E-state index in [4.69, 9.17) is 0 Å². The van der Waals surface area contributed by atoms with E-state index in [-0.39, 0.29) is 0 Å². The van der Waals surface area contributed by atoms with Gasteiger partial charge < -0.3 is 5.11 Å². The molecule has 2 rings (SSSR count). The zero-order valence-electron chi connectivity index (χ0n) is 9.26. The maximum Gasteiger partial charge on any atom is 0.0922 e. The standard InChI is InChI=1S/C13H15NOS/c1-2-11-5-6-13(16-11)12(15)8-10-4-3-7-14-9-10/h3-7,9,12,15H,2,8H2,1H3. The summed E-state index contributed by atoms with van der Waals surface area (Å²) < 4.78 is 0. The van der Waals surface area contributed by atoms with Gasteiger partial charge in [-0.2, -0.15) is 0 Å². The Hall–Kier alpha value is -1.19. The molecule has 2 nitrogen and oxygen atoms in total. The number of hydrogen-bond donors (Lipinski definition) is 1. The van der Waals surface area contributed by atoms with Crippen LogP contribution in [0.5, 0.6) is 0 Å². The highest BCUT2D eigenvalue weighted by molar-refractivity contribution is 7.12. The van der Waals surface area contributed by atoms with E-state index in [1.165, 1.54) is 4.88 Å². The number of nitrogens with zero attached hydrogens (tertiary/aromatic N) is 1. The fourth-order valence-corrected chi connectivity index (χ4v) is 2.54. The second kappa shape index (κ2) is 5.23. The van der Waals surface area contributed by atoms with Gasteiger partial charge >= 0.3 is 0 Å². The highest BCUT2D eigenvalue weighted by Gasteiger charge is 2.10. The van der Waals surface area contributed by atoms with E-state index in [2.05, 4.69) is 18.0 Å². The van der Waals surface area contributed by atoms with E-state index in [1.807, 2.05) is 18.2 Å². The lowest BCUT2D eigenvalue weighted by molar-refractivity contribution is 0.182. The topological polar surface area (TPSA) is 33.1 Å². The number of aryl methyl sites for hydroxylation is 1. The Morgan fingerprint density at radius 2 is 2.25 bits per heavy atom. The van der Waals surface area contributed by atoms with Crippen molar-refractivity contribution < 1.29 is 5.11 Å². The van der Waals surface area contributed by atoms with Crippen molar-refractivity contribution in [3.05, 3.63) is 52.0 Å². The normalized spacial score (nSPS) is 12.6. The lowest BCUT2D eigenvalue weighted by Gasteiger charge is -2.07. The van der Waals surface area contributed by atoms with E-state index in [9.17, 15) is 5.11 Å². The van der Waals surface area contributed by atoms with Crippen LogP contribution in [0.2, 0.25) is 0 Å². The molecule has 2 aromatic heterocycles. The third kappa shape index (κ3) is 2.68. The quantitative estimate of drug-likeness (QED) is 0.880. The Morgan fingerprint density at radius 1 is 1.38 bits per heavy atom. The summed E-state index contributed by atoms with van der Waals surface area (Å²) in [6.45, 7) is 2.13. The summed E-state index contributed by atoms with van der Waals surface area (Å²) in [5.74, 6) is 0. The lowest BCUT2D eigenvalue weighted by Crippen LogP contribution is -1.99. The molecule has 2 heterocycles. The molecule has 0 radical (unpaired) electrons. The van der Waals surface area contributed by atoms with Gasteiger partial charge in [0.15, 0.2) is 0 Å². The minimum atomic E-state index is -0.408. The Bertz CT molecular complexity index is 438. The largest absolute Gasteiger partial charge is 0.387 e. The molecule has 0 aromatic carbocycles. The molecule has 1 atom stereocenters. The Morgan fingerprint density at radius 3 is 2.88 bits per heavy atom. The number of pyridine rings is 1. The summed E-state index contributed by atoms with van der Waals surface area (Å²) in [7, 11) is 0. The zero-order valence-corrected chi connectivity index (χ0v) is 10.1. The van der Waals surface area contributed by atoms with Crippen molar-refractivity contribution in [2.24, 2.45) is 0 Å². The molecule has 0 fully saturated rings. The van der Waals surface area contributed by atoms with E-state index >= 15 is 0 Å². The molecule has 0 spiro atoms. The number of hydrogen-bond acceptors (Lipinski definition) is 3. The van der Waals surface area contributed by atoms with E-state index < -0.39 is 6.10 Å². The Kier molecular flexibility index (Phi) is 3.70. The van der Waals surface area contributed by atoms with Crippen molar-refractivity contribution in [3.8, 4) is 0 Å². The van der Waals surface area contributed by atoms with Crippen LogP contribution in [0.25, 0.3) is 0 Å². The molecule has 2 aromatic rings. The molecule has 0 bridgehead atoms. The van der Waals surface area contributed by atoms with Crippen LogP contribution in [0.3, 0.4) is 0 Å². The molecule has 0 aliphatic heterocycles. The molecular formula is C13H15NOS. The number of aliphatic hydroxyl groups excluding tert-OH is 1. The van der Waals surface area contributed by atoms with Gasteiger partial charge in [0.2, 0.25) is 0 Å². The van der Waals surface area contributed by atoms with Crippen molar-refractivity contribution in [2.75, 3.05) is 0 Å². The second-order valence-electron chi connectivity index (χ2n) is 3.74. The predicted octanol–water partition coefficient (Wildman–Crippen LogP) is 2.98. The molecular weight excluding hydrogens is 218 g/mol. The Balaban J connectivity index is 2.05. The highest BCUT2D eigenvalue weighted by atomic mass is 32.1. The van der Waals surface area contributed by atoms with E-state index in [0.717, 1.165) is 16.9 Å².